The molecule has 1 N–H and O–H groups in total. The number of carbonyl (C=O) groups excluding carboxylic acids is 2. The highest BCUT2D eigenvalue weighted by atomic mass is 19.1. The molecule has 3 aromatic carbocycles. The van der Waals surface area contributed by atoms with E-state index in [1.165, 1.54) is 17.0 Å². The molecule has 0 aliphatic carbocycles. The fraction of sp³-hybridized carbons (Fsp3) is 0.286. The quantitative estimate of drug-likeness (QED) is 0.574. The van der Waals surface area contributed by atoms with Gasteiger partial charge in [0.15, 0.2) is 0 Å². The summed E-state index contributed by atoms with van der Waals surface area (Å²) in [6.45, 7) is 1.66. The molecule has 3 aromatic rings. The van der Waals surface area contributed by atoms with Gasteiger partial charge in [0, 0.05) is 25.8 Å². The van der Waals surface area contributed by atoms with Crippen molar-refractivity contribution in [1.29, 1.82) is 0 Å². The van der Waals surface area contributed by atoms with Crippen molar-refractivity contribution < 1.29 is 18.7 Å². The molecule has 0 saturated carbocycles. The third kappa shape index (κ3) is 4.30. The van der Waals surface area contributed by atoms with Gasteiger partial charge in [-0.3, -0.25) is 19.9 Å². The van der Waals surface area contributed by atoms with Gasteiger partial charge in [-0.1, -0.05) is 30.3 Å². The van der Waals surface area contributed by atoms with Crippen LogP contribution in [0.15, 0.2) is 78.9 Å². The molecule has 3 aliphatic heterocycles. The number of likely N-dealkylation sites (N-methyl/N-ethyl adjacent to an activating group) is 1. The standard InChI is InChI=1S/C28H28FN5O3/c1-31-25-24(26(35)34(28(31)36)18-19-8-10-20(29)11-9-19)33-17-5-16-32(27(33)30-25)21-12-14-23(15-13-21)37-22-6-3-2-4-7-22/h2-4,6-15,24-25,27,30H,5,16-18H2,1H3. The predicted molar refractivity (Wildman–Crippen MR) is 136 cm³/mol. The smallest absolute Gasteiger partial charge is 0.328 e. The molecule has 3 saturated heterocycles. The van der Waals surface area contributed by atoms with E-state index in [1.807, 2.05) is 54.6 Å². The molecule has 37 heavy (non-hydrogen) atoms. The Morgan fingerprint density at radius 3 is 2.35 bits per heavy atom. The first-order valence-electron chi connectivity index (χ1n) is 12.4. The van der Waals surface area contributed by atoms with Gasteiger partial charge >= 0.3 is 6.03 Å². The minimum Gasteiger partial charge on any atom is -0.457 e. The van der Waals surface area contributed by atoms with Crippen molar-refractivity contribution in [3.05, 3.63) is 90.2 Å². The Labute approximate surface area is 214 Å². The summed E-state index contributed by atoms with van der Waals surface area (Å²) in [4.78, 5) is 34.0. The van der Waals surface area contributed by atoms with Crippen molar-refractivity contribution in [2.24, 2.45) is 0 Å². The number of para-hydroxylation sites is 1. The van der Waals surface area contributed by atoms with E-state index in [0.717, 1.165) is 36.7 Å². The third-order valence-corrected chi connectivity index (χ3v) is 7.27. The van der Waals surface area contributed by atoms with Gasteiger partial charge in [-0.05, 0) is 60.5 Å². The fourth-order valence-electron chi connectivity index (χ4n) is 5.43. The van der Waals surface area contributed by atoms with E-state index >= 15 is 0 Å². The van der Waals surface area contributed by atoms with Crippen molar-refractivity contribution in [2.45, 2.75) is 31.5 Å². The van der Waals surface area contributed by atoms with Gasteiger partial charge in [0.2, 0.25) is 0 Å². The van der Waals surface area contributed by atoms with Crippen molar-refractivity contribution in [1.82, 2.24) is 20.0 Å². The first-order chi connectivity index (χ1) is 18.0. The molecular formula is C28H28FN5O3. The number of halogens is 1. The van der Waals surface area contributed by atoms with Crippen LogP contribution in [0, 0.1) is 5.82 Å². The van der Waals surface area contributed by atoms with Crippen LogP contribution in [-0.2, 0) is 11.3 Å². The number of nitrogens with zero attached hydrogens (tertiary/aromatic N) is 4. The van der Waals surface area contributed by atoms with Crippen LogP contribution in [0.3, 0.4) is 0 Å². The Morgan fingerprint density at radius 1 is 0.919 bits per heavy atom. The second kappa shape index (κ2) is 9.49. The number of hydrogen-bond acceptors (Lipinski definition) is 6. The van der Waals surface area contributed by atoms with Crippen molar-refractivity contribution >= 4 is 17.6 Å². The fourth-order valence-corrected chi connectivity index (χ4v) is 5.43. The first kappa shape index (κ1) is 23.4. The molecule has 3 fully saturated rings. The molecule has 3 aliphatic rings. The number of carbonyl (C=O) groups is 2. The number of anilines is 1. The van der Waals surface area contributed by atoms with Crippen LogP contribution in [-0.4, -0.2) is 65.3 Å². The molecule has 3 unspecified atom stereocenters. The number of urea groups is 1. The Morgan fingerprint density at radius 2 is 1.62 bits per heavy atom. The molecule has 9 heteroatoms. The van der Waals surface area contributed by atoms with Crippen LogP contribution in [0.1, 0.15) is 12.0 Å². The number of fused-ring (bicyclic) bond motifs is 3. The molecular weight excluding hydrogens is 473 g/mol. The zero-order valence-electron chi connectivity index (χ0n) is 20.5. The molecule has 3 heterocycles. The van der Waals surface area contributed by atoms with E-state index in [9.17, 15) is 14.0 Å². The largest absolute Gasteiger partial charge is 0.457 e. The summed E-state index contributed by atoms with van der Waals surface area (Å²) >= 11 is 0. The van der Waals surface area contributed by atoms with E-state index in [1.54, 1.807) is 24.1 Å². The maximum Gasteiger partial charge on any atom is 0.328 e. The summed E-state index contributed by atoms with van der Waals surface area (Å²) in [5, 5.41) is 3.53. The number of benzene rings is 3. The topological polar surface area (TPSA) is 68.4 Å². The lowest BCUT2D eigenvalue weighted by Gasteiger charge is -2.44. The zero-order valence-corrected chi connectivity index (χ0v) is 20.5. The number of imide groups is 1. The molecule has 3 amide bonds. The van der Waals surface area contributed by atoms with Crippen LogP contribution in [0.5, 0.6) is 11.5 Å². The maximum atomic E-state index is 13.6. The first-order valence-corrected chi connectivity index (χ1v) is 12.4. The minimum atomic E-state index is -0.503. The lowest BCUT2D eigenvalue weighted by Crippen LogP contribution is -2.66. The van der Waals surface area contributed by atoms with E-state index in [4.69, 9.17) is 4.74 Å². The lowest BCUT2D eigenvalue weighted by molar-refractivity contribution is -0.139. The highest BCUT2D eigenvalue weighted by molar-refractivity contribution is 6.00. The minimum absolute atomic E-state index is 0.108. The van der Waals surface area contributed by atoms with E-state index in [2.05, 4.69) is 15.1 Å². The molecule has 0 aromatic heterocycles. The normalized spacial score (nSPS) is 23.7. The average molecular weight is 502 g/mol. The summed E-state index contributed by atoms with van der Waals surface area (Å²) in [6, 6.07) is 22.6. The van der Waals surface area contributed by atoms with Gasteiger partial charge in [-0.2, -0.15) is 0 Å². The van der Waals surface area contributed by atoms with Gasteiger partial charge in [0.05, 0.1) is 6.54 Å². The van der Waals surface area contributed by atoms with Gasteiger partial charge in [0.25, 0.3) is 5.91 Å². The molecule has 190 valence electrons. The highest BCUT2D eigenvalue weighted by Gasteiger charge is 2.56. The van der Waals surface area contributed by atoms with Crippen LogP contribution in [0.2, 0.25) is 0 Å². The molecule has 6 rings (SSSR count). The summed E-state index contributed by atoms with van der Waals surface area (Å²) in [5.41, 5.74) is 1.71. The molecule has 8 nitrogen and oxygen atoms in total. The van der Waals surface area contributed by atoms with Crippen LogP contribution >= 0.6 is 0 Å². The van der Waals surface area contributed by atoms with Gasteiger partial charge < -0.3 is 14.5 Å². The summed E-state index contributed by atoms with van der Waals surface area (Å²) in [6.07, 6.45) is 0.220. The maximum absolute atomic E-state index is 13.6. The summed E-state index contributed by atoms with van der Waals surface area (Å²) < 4.78 is 19.3. The predicted octanol–water partition coefficient (Wildman–Crippen LogP) is 3.81. The number of ether oxygens (including phenoxy) is 1. The molecule has 0 bridgehead atoms. The molecule has 0 spiro atoms. The Hall–Kier alpha value is -3.95. The van der Waals surface area contributed by atoms with Crippen LogP contribution in [0.25, 0.3) is 0 Å². The van der Waals surface area contributed by atoms with Crippen LogP contribution in [0.4, 0.5) is 14.9 Å². The summed E-state index contributed by atoms with van der Waals surface area (Å²) in [5.74, 6) is 0.931. The number of amides is 3. The zero-order chi connectivity index (χ0) is 25.5. The molecule has 0 radical (unpaired) electrons. The monoisotopic (exact) mass is 501 g/mol. The van der Waals surface area contributed by atoms with Gasteiger partial charge in [-0.25, -0.2) is 9.18 Å². The number of hydrogen-bond donors (Lipinski definition) is 1. The Bertz CT molecular complexity index is 1290. The lowest BCUT2D eigenvalue weighted by atomic mass is 10.1. The van der Waals surface area contributed by atoms with E-state index < -0.39 is 12.2 Å². The van der Waals surface area contributed by atoms with Gasteiger partial charge in [0.1, 0.15) is 35.8 Å². The van der Waals surface area contributed by atoms with Crippen molar-refractivity contribution in [3.8, 4) is 11.5 Å². The van der Waals surface area contributed by atoms with Gasteiger partial charge in [-0.15, -0.1) is 0 Å². The summed E-state index contributed by atoms with van der Waals surface area (Å²) in [7, 11) is 1.72. The SMILES string of the molecule is CN1C(=O)N(Cc2ccc(F)cc2)C(=O)C2C1NC1N(c3ccc(Oc4ccccc4)cc3)CCCN21. The van der Waals surface area contributed by atoms with Crippen LogP contribution < -0.4 is 15.0 Å². The highest BCUT2D eigenvalue weighted by Crippen LogP contribution is 2.34. The number of rotatable bonds is 5. The third-order valence-electron chi connectivity index (χ3n) is 7.27. The van der Waals surface area contributed by atoms with E-state index in [-0.39, 0.29) is 30.6 Å². The second-order valence-corrected chi connectivity index (χ2v) is 9.57. The Balaban J connectivity index is 1.21. The molecule has 3 atom stereocenters. The average Bonchev–Trinajstić information content (AvgIpc) is 3.32. The van der Waals surface area contributed by atoms with Crippen molar-refractivity contribution in [2.75, 3.05) is 25.0 Å². The Kier molecular flexibility index (Phi) is 6.02. The second-order valence-electron chi connectivity index (χ2n) is 9.57. The van der Waals surface area contributed by atoms with Crippen molar-refractivity contribution in [3.63, 3.8) is 0 Å². The number of nitrogens with one attached hydrogen (secondary N) is 1. The van der Waals surface area contributed by atoms with E-state index in [0.29, 0.717) is 5.56 Å².